The number of carbonyl (C=O) groups excluding carboxylic acids is 6. The summed E-state index contributed by atoms with van der Waals surface area (Å²) < 4.78 is 40.6. The van der Waals surface area contributed by atoms with Gasteiger partial charge in [-0.25, -0.2) is 14.3 Å². The van der Waals surface area contributed by atoms with Gasteiger partial charge in [-0.3, -0.25) is 19.2 Å². The normalized spacial score (nSPS) is 16.4. The van der Waals surface area contributed by atoms with Crippen molar-refractivity contribution < 1.29 is 61.9 Å². The van der Waals surface area contributed by atoms with Crippen LogP contribution in [0.3, 0.4) is 0 Å². The molecule has 68 heavy (non-hydrogen) atoms. The second-order valence-electron chi connectivity index (χ2n) is 17.1. The fraction of sp³-hybridized carbons (Fsp3) is 0.818. The van der Waals surface area contributed by atoms with Gasteiger partial charge in [0.25, 0.3) is 0 Å². The van der Waals surface area contributed by atoms with Crippen LogP contribution in [0.4, 0.5) is 9.59 Å². The van der Waals surface area contributed by atoms with Crippen LogP contribution in [0.5, 0.6) is 0 Å². The molecule has 3 atom stereocenters. The Balaban J connectivity index is 1.22. The Hall–Kier alpha value is -4.33. The lowest BCUT2D eigenvalue weighted by molar-refractivity contribution is -0.134. The highest BCUT2D eigenvalue weighted by molar-refractivity contribution is 8.00. The first-order chi connectivity index (χ1) is 32.8. The molecule has 23 nitrogen and oxygen atoms in total. The highest BCUT2D eigenvalue weighted by Crippen LogP contribution is 2.33. The largest absolute Gasteiger partial charge is 0.444 e. The van der Waals surface area contributed by atoms with Gasteiger partial charge in [0.15, 0.2) is 0 Å². The van der Waals surface area contributed by atoms with E-state index < -0.39 is 11.7 Å². The number of nitrogens with zero attached hydrogens (tertiary/aromatic N) is 4. The standard InChI is InChI=1S/C44H78N10O13S/c1-5-13-45-38(56)10-19-61-25-28-64-22-16-53(17-23-65-29-26-62-20-11-39(57)46-14-15-47-43(60)67-44(2,3)4)40(58)12-21-63-27-30-66-24-18-54-32-34(51-52-54)31-48-37(55)9-7-6-8-36-41-35(33-68-36)49-42(59)50-41/h32,35-36,41H,5-31,33H2,1-4H3,(H,45,56)(H,46,57)(H,47,60)(H,48,55)(H2,49,50,59)/t35-,36-,41-/m0/s1. The maximum Gasteiger partial charge on any atom is 0.407 e. The van der Waals surface area contributed by atoms with Crippen molar-refractivity contribution in [2.24, 2.45) is 0 Å². The average Bonchev–Trinajstić information content (AvgIpc) is 4.02. The van der Waals surface area contributed by atoms with Gasteiger partial charge in [0.1, 0.15) is 11.3 Å². The van der Waals surface area contributed by atoms with Crippen LogP contribution in [-0.4, -0.2) is 196 Å². The maximum atomic E-state index is 13.2. The van der Waals surface area contributed by atoms with Gasteiger partial charge < -0.3 is 70.0 Å². The second kappa shape index (κ2) is 34.9. The molecule has 388 valence electrons. The number of amides is 7. The summed E-state index contributed by atoms with van der Waals surface area (Å²) in [7, 11) is 0. The van der Waals surface area contributed by atoms with Gasteiger partial charge >= 0.3 is 12.1 Å². The first-order valence-corrected chi connectivity index (χ1v) is 25.0. The third-order valence-corrected chi connectivity index (χ3v) is 11.7. The number of hydrogen-bond acceptors (Lipinski definition) is 16. The first-order valence-electron chi connectivity index (χ1n) is 23.9. The zero-order valence-corrected chi connectivity index (χ0v) is 41.4. The molecule has 24 heteroatoms. The molecule has 2 fully saturated rings. The van der Waals surface area contributed by atoms with Crippen molar-refractivity contribution in [1.82, 2.24) is 51.8 Å². The molecule has 3 rings (SSSR count). The Morgan fingerprint density at radius 3 is 1.93 bits per heavy atom. The zero-order valence-electron chi connectivity index (χ0n) is 40.6. The van der Waals surface area contributed by atoms with Crippen LogP contribution in [0.1, 0.15) is 84.8 Å². The van der Waals surface area contributed by atoms with E-state index in [0.29, 0.717) is 89.7 Å². The van der Waals surface area contributed by atoms with Crippen molar-refractivity contribution in [2.75, 3.05) is 118 Å². The molecule has 0 radical (unpaired) electrons. The summed E-state index contributed by atoms with van der Waals surface area (Å²) in [6, 6.07) is 0.300. The quantitative estimate of drug-likeness (QED) is 0.0395. The number of thioether (sulfide) groups is 1. The van der Waals surface area contributed by atoms with Gasteiger partial charge in [0.05, 0.1) is 117 Å². The minimum absolute atomic E-state index is 0.0344. The van der Waals surface area contributed by atoms with Crippen LogP contribution in [0.2, 0.25) is 0 Å². The number of urea groups is 1. The van der Waals surface area contributed by atoms with Gasteiger partial charge in [-0.05, 0) is 40.0 Å². The molecule has 0 unspecified atom stereocenters. The number of carbonyl (C=O) groups is 6. The van der Waals surface area contributed by atoms with Crippen molar-refractivity contribution in [3.8, 4) is 0 Å². The molecule has 0 aliphatic carbocycles. The van der Waals surface area contributed by atoms with E-state index in [4.69, 9.17) is 33.2 Å². The lowest BCUT2D eigenvalue weighted by Crippen LogP contribution is -2.38. The van der Waals surface area contributed by atoms with Crippen molar-refractivity contribution in [2.45, 2.75) is 115 Å². The fourth-order valence-corrected chi connectivity index (χ4v) is 8.23. The Labute approximate surface area is 404 Å². The number of hydrogen-bond donors (Lipinski definition) is 6. The molecule has 0 bridgehead atoms. The van der Waals surface area contributed by atoms with E-state index in [0.717, 1.165) is 31.4 Å². The van der Waals surface area contributed by atoms with E-state index in [1.54, 1.807) is 36.5 Å². The summed E-state index contributed by atoms with van der Waals surface area (Å²) in [6.45, 7) is 13.3. The van der Waals surface area contributed by atoms with Crippen molar-refractivity contribution in [1.29, 1.82) is 0 Å². The monoisotopic (exact) mass is 987 g/mol. The van der Waals surface area contributed by atoms with Crippen LogP contribution in [0, 0.1) is 0 Å². The summed E-state index contributed by atoms with van der Waals surface area (Å²) in [5, 5.41) is 25.6. The molecule has 0 aromatic carbocycles. The molecular weight excluding hydrogens is 909 g/mol. The topological polar surface area (TPSA) is 273 Å². The third kappa shape index (κ3) is 27.6. The molecule has 0 saturated carbocycles. The molecule has 6 N–H and O–H groups in total. The lowest BCUT2D eigenvalue weighted by Gasteiger charge is -2.23. The Morgan fingerprint density at radius 2 is 1.29 bits per heavy atom. The minimum Gasteiger partial charge on any atom is -0.444 e. The number of alkyl carbamates (subject to hydrolysis) is 1. The Morgan fingerprint density at radius 1 is 0.721 bits per heavy atom. The number of aromatic nitrogens is 3. The van der Waals surface area contributed by atoms with Crippen LogP contribution in [-0.2, 0) is 65.4 Å². The Kier molecular flexibility index (Phi) is 29.7. The summed E-state index contributed by atoms with van der Waals surface area (Å²) in [5.74, 6) is 0.515. The van der Waals surface area contributed by atoms with Crippen molar-refractivity contribution in [3.63, 3.8) is 0 Å². The molecule has 3 heterocycles. The summed E-state index contributed by atoms with van der Waals surface area (Å²) >= 11 is 1.88. The Bertz CT molecular complexity index is 1620. The van der Waals surface area contributed by atoms with Gasteiger partial charge in [0, 0.05) is 63.0 Å². The first kappa shape index (κ1) is 58.0. The SMILES string of the molecule is CCCNC(=O)CCOCCOCCN(CCOCCOCCC(=O)NCCNC(=O)OC(C)(C)C)C(=O)CCOCCOCCn1cc(CNC(=O)CCCC[C@@H]2SC[C@@H]3NC(=O)N[C@@H]32)nn1. The van der Waals surface area contributed by atoms with Crippen LogP contribution >= 0.6 is 11.8 Å². The molecule has 0 spiro atoms. The van der Waals surface area contributed by atoms with Crippen molar-refractivity contribution >= 4 is 47.5 Å². The number of ether oxygens (including phenoxy) is 7. The number of fused-ring (bicyclic) bond motifs is 1. The van der Waals surface area contributed by atoms with E-state index >= 15 is 0 Å². The van der Waals surface area contributed by atoms with Crippen LogP contribution in [0.15, 0.2) is 6.20 Å². The van der Waals surface area contributed by atoms with Crippen LogP contribution in [0.25, 0.3) is 0 Å². The van der Waals surface area contributed by atoms with Gasteiger partial charge in [0.2, 0.25) is 23.6 Å². The number of nitrogens with one attached hydrogen (secondary N) is 6. The number of rotatable bonds is 39. The highest BCUT2D eigenvalue weighted by atomic mass is 32.2. The van der Waals surface area contributed by atoms with E-state index in [9.17, 15) is 28.8 Å². The van der Waals surface area contributed by atoms with E-state index in [-0.39, 0.29) is 114 Å². The van der Waals surface area contributed by atoms with E-state index in [1.165, 1.54) is 0 Å². The molecule has 1 aromatic heterocycles. The molecular formula is C44H78N10O13S. The average molecular weight is 987 g/mol. The third-order valence-electron chi connectivity index (χ3n) is 10.2. The van der Waals surface area contributed by atoms with Gasteiger partial charge in [-0.1, -0.05) is 18.6 Å². The molecule has 2 saturated heterocycles. The zero-order chi connectivity index (χ0) is 49.2. The molecule has 2 aliphatic rings. The maximum absolute atomic E-state index is 13.2. The number of unbranched alkanes of at least 4 members (excludes halogenated alkanes) is 1. The molecule has 7 amide bonds. The van der Waals surface area contributed by atoms with Gasteiger partial charge in [-0.2, -0.15) is 11.8 Å². The lowest BCUT2D eigenvalue weighted by atomic mass is 10.0. The molecule has 1 aromatic rings. The fourth-order valence-electron chi connectivity index (χ4n) is 6.68. The summed E-state index contributed by atoms with van der Waals surface area (Å²) in [4.78, 5) is 74.2. The smallest absolute Gasteiger partial charge is 0.407 e. The summed E-state index contributed by atoms with van der Waals surface area (Å²) in [5.41, 5.74) is 0.0539. The predicted octanol–water partition coefficient (Wildman–Crippen LogP) is 0.886. The van der Waals surface area contributed by atoms with Crippen molar-refractivity contribution in [3.05, 3.63) is 11.9 Å². The van der Waals surface area contributed by atoms with E-state index in [1.807, 2.05) is 18.7 Å². The highest BCUT2D eigenvalue weighted by Gasteiger charge is 2.42. The minimum atomic E-state index is -0.597. The summed E-state index contributed by atoms with van der Waals surface area (Å²) in [6.07, 6.45) is 5.79. The van der Waals surface area contributed by atoms with Crippen LogP contribution < -0.4 is 31.9 Å². The predicted molar refractivity (Wildman–Crippen MR) is 252 cm³/mol. The second-order valence-corrected chi connectivity index (χ2v) is 18.3. The van der Waals surface area contributed by atoms with Gasteiger partial charge in [-0.15, -0.1) is 5.10 Å². The van der Waals surface area contributed by atoms with E-state index in [2.05, 4.69) is 42.2 Å². The molecule has 2 aliphatic heterocycles.